The summed E-state index contributed by atoms with van der Waals surface area (Å²) >= 11 is 0. The number of ether oxygens (including phenoxy) is 1. The average Bonchev–Trinajstić information content (AvgIpc) is 3.98. The van der Waals surface area contributed by atoms with E-state index in [9.17, 15) is 0 Å². The van der Waals surface area contributed by atoms with Crippen LogP contribution in [0.15, 0.2) is 225 Å². The maximum Gasteiger partial charge on any atom is 0.184 e. The fourth-order valence-corrected chi connectivity index (χ4v) is 15.8. The molecule has 0 aliphatic carbocycles. The molecule has 0 bridgehead atoms. The number of rotatable bonds is 6. The number of benzene rings is 8. The maximum absolute atomic E-state index is 6.86. The highest BCUT2D eigenvalue weighted by Crippen LogP contribution is 2.44. The second kappa shape index (κ2) is 13.9. The number of hydrogen-bond acceptors (Lipinski definition) is 4. The Morgan fingerprint density at radius 3 is 1.90 bits per heavy atom. The molecule has 1 aliphatic rings. The highest BCUT2D eigenvalue weighted by atomic mass is 28.3. The van der Waals surface area contributed by atoms with Gasteiger partial charge in [0.2, 0.25) is 0 Å². The second-order valence-electron chi connectivity index (χ2n) is 16.2. The fraction of sp³-hybridized carbons (Fsp3) is 0. The molecule has 296 valence electrons. The first-order chi connectivity index (χ1) is 31.3. The molecule has 0 fully saturated rings. The lowest BCUT2D eigenvalue weighted by molar-refractivity contribution is 0.484. The van der Waals surface area contributed by atoms with E-state index in [4.69, 9.17) is 14.7 Å². The van der Waals surface area contributed by atoms with Gasteiger partial charge >= 0.3 is 0 Å². The Hall–Kier alpha value is -8.26. The van der Waals surface area contributed by atoms with Gasteiger partial charge in [-0.05, 0) is 105 Å². The van der Waals surface area contributed by atoms with Crippen LogP contribution in [0.25, 0.3) is 54.9 Å². The molecule has 8 aromatic carbocycles. The van der Waals surface area contributed by atoms with Gasteiger partial charge in [-0.15, -0.1) is 0 Å². The molecular formula is C56H37N5OSi. The first kappa shape index (κ1) is 35.5. The zero-order valence-corrected chi connectivity index (χ0v) is 35.0. The summed E-state index contributed by atoms with van der Waals surface area (Å²) < 4.78 is 11.3. The molecule has 0 radical (unpaired) electrons. The third kappa shape index (κ3) is 5.17. The monoisotopic (exact) mass is 823 g/mol. The smallest absolute Gasteiger partial charge is 0.184 e. The molecule has 0 atom stereocenters. The van der Waals surface area contributed by atoms with Crippen molar-refractivity contribution in [2.75, 3.05) is 4.90 Å². The summed E-state index contributed by atoms with van der Waals surface area (Å²) in [6, 6.07) is 74.5. The van der Waals surface area contributed by atoms with E-state index in [1.807, 2.05) is 24.7 Å². The molecule has 0 amide bonds. The molecule has 0 saturated carbocycles. The van der Waals surface area contributed by atoms with Crippen LogP contribution in [0.5, 0.6) is 11.5 Å². The molecule has 0 saturated heterocycles. The normalized spacial score (nSPS) is 13.2. The van der Waals surface area contributed by atoms with Gasteiger partial charge in [0.05, 0.1) is 16.6 Å². The molecular weight excluding hydrogens is 787 g/mol. The van der Waals surface area contributed by atoms with Gasteiger partial charge in [0.15, 0.2) is 8.07 Å². The molecule has 4 aromatic heterocycles. The van der Waals surface area contributed by atoms with Crippen LogP contribution in [0.4, 0.5) is 17.1 Å². The maximum atomic E-state index is 6.86. The van der Waals surface area contributed by atoms with Crippen molar-refractivity contribution in [3.8, 4) is 17.3 Å². The van der Waals surface area contributed by atoms with Crippen LogP contribution in [-0.2, 0) is 0 Å². The minimum absolute atomic E-state index is 0.738. The quantitative estimate of drug-likeness (QED) is 0.124. The first-order valence-electron chi connectivity index (χ1n) is 21.3. The van der Waals surface area contributed by atoms with E-state index in [0.29, 0.717) is 0 Å². The van der Waals surface area contributed by atoms with E-state index in [2.05, 4.69) is 214 Å². The fourth-order valence-electron chi connectivity index (χ4n) is 10.4. The van der Waals surface area contributed by atoms with Gasteiger partial charge in [-0.1, -0.05) is 121 Å². The number of hydrogen-bond donors (Lipinski definition) is 0. The van der Waals surface area contributed by atoms with Crippen LogP contribution in [0.3, 0.4) is 0 Å². The number of nitrogens with zero attached hydrogens (tertiary/aromatic N) is 5. The minimum Gasteiger partial charge on any atom is -0.457 e. The van der Waals surface area contributed by atoms with Crippen molar-refractivity contribution in [3.05, 3.63) is 225 Å². The van der Waals surface area contributed by atoms with Crippen molar-refractivity contribution in [3.63, 3.8) is 0 Å². The molecule has 1 aliphatic heterocycles. The molecule has 0 unspecified atom stereocenters. The van der Waals surface area contributed by atoms with E-state index in [0.717, 1.165) is 61.4 Å². The summed E-state index contributed by atoms with van der Waals surface area (Å²) in [6.07, 6.45) is 5.77. The predicted molar refractivity (Wildman–Crippen MR) is 261 cm³/mol. The van der Waals surface area contributed by atoms with Crippen molar-refractivity contribution in [1.29, 1.82) is 0 Å². The lowest BCUT2D eigenvalue weighted by Gasteiger charge is -2.45. The Morgan fingerprint density at radius 2 is 1.13 bits per heavy atom. The predicted octanol–water partition coefficient (Wildman–Crippen LogP) is 11.1. The Kier molecular flexibility index (Phi) is 7.82. The van der Waals surface area contributed by atoms with Crippen LogP contribution >= 0.6 is 0 Å². The van der Waals surface area contributed by atoms with Gasteiger partial charge in [-0.25, -0.2) is 9.97 Å². The molecule has 5 heterocycles. The second-order valence-corrected chi connectivity index (χ2v) is 19.9. The SMILES string of the molecule is c1ccc(N2c3ccccc3[Si](c3ccccc3)(c3ccccc3)c3c2ccc2c3c3ccc(Oc4ccc5c6ccccc6n6ccnc6c5c4)cc3n2-c2ccccn2)cc1. The number of anilines is 3. The van der Waals surface area contributed by atoms with E-state index in [1.54, 1.807) is 0 Å². The third-order valence-electron chi connectivity index (χ3n) is 12.9. The minimum atomic E-state index is -3.07. The average molecular weight is 824 g/mol. The first-order valence-corrected chi connectivity index (χ1v) is 23.3. The summed E-state index contributed by atoms with van der Waals surface area (Å²) in [5.41, 5.74) is 7.65. The van der Waals surface area contributed by atoms with Crippen LogP contribution in [-0.4, -0.2) is 27.0 Å². The lowest BCUT2D eigenvalue weighted by Crippen LogP contribution is -2.77. The topological polar surface area (TPSA) is 47.6 Å². The molecule has 7 heteroatoms. The number of fused-ring (bicyclic) bond motifs is 12. The Morgan fingerprint density at radius 1 is 0.444 bits per heavy atom. The number of aromatic nitrogens is 4. The summed E-state index contributed by atoms with van der Waals surface area (Å²) in [5.74, 6) is 2.33. The molecule has 0 N–H and O–H groups in total. The van der Waals surface area contributed by atoms with Crippen molar-refractivity contribution >= 4 is 95.0 Å². The van der Waals surface area contributed by atoms with Crippen molar-refractivity contribution in [1.82, 2.24) is 18.9 Å². The number of para-hydroxylation sites is 3. The molecule has 0 spiro atoms. The van der Waals surface area contributed by atoms with E-state index in [1.165, 1.54) is 42.9 Å². The Balaban J connectivity index is 1.11. The zero-order valence-electron chi connectivity index (χ0n) is 34.0. The summed E-state index contributed by atoms with van der Waals surface area (Å²) in [6.45, 7) is 0. The molecule has 63 heavy (non-hydrogen) atoms. The highest BCUT2D eigenvalue weighted by Gasteiger charge is 2.50. The summed E-state index contributed by atoms with van der Waals surface area (Å²) in [5, 5.41) is 11.1. The molecule has 13 rings (SSSR count). The van der Waals surface area contributed by atoms with Gasteiger partial charge in [-0.3, -0.25) is 8.97 Å². The van der Waals surface area contributed by atoms with Crippen LogP contribution < -0.4 is 30.4 Å². The Bertz CT molecular complexity index is 3680. The van der Waals surface area contributed by atoms with Gasteiger partial charge in [0.25, 0.3) is 0 Å². The van der Waals surface area contributed by atoms with Gasteiger partial charge in [-0.2, -0.15) is 0 Å². The third-order valence-corrected chi connectivity index (χ3v) is 17.8. The van der Waals surface area contributed by atoms with Crippen LogP contribution in [0, 0.1) is 0 Å². The zero-order chi connectivity index (χ0) is 41.5. The molecule has 6 nitrogen and oxygen atoms in total. The van der Waals surface area contributed by atoms with Gasteiger partial charge < -0.3 is 9.64 Å². The van der Waals surface area contributed by atoms with Crippen molar-refractivity contribution < 1.29 is 4.74 Å². The lowest BCUT2D eigenvalue weighted by atomic mass is 10.1. The highest BCUT2D eigenvalue weighted by molar-refractivity contribution is 7.22. The van der Waals surface area contributed by atoms with Crippen LogP contribution in [0.1, 0.15) is 0 Å². The standard InChI is InChI=1S/C56H37N5OSi/c1-4-16-38(17-5-1)60-48-24-12-13-25-52(48)63(41-18-6-2-7-19-41,42-20-8-3-9-21-42)55-50(60)32-31-49-54(55)45-30-28-40(37-51(45)61(49)53-26-14-15-33-57-53)62-39-27-29-43-44-22-10-11-23-47(44)59-35-34-58-56(59)46(43)36-39/h1-37H. The van der Waals surface area contributed by atoms with Crippen molar-refractivity contribution in [2.45, 2.75) is 0 Å². The van der Waals surface area contributed by atoms with Crippen molar-refractivity contribution in [2.24, 2.45) is 0 Å². The number of imidazole rings is 1. The van der Waals surface area contributed by atoms with Gasteiger partial charge in [0.1, 0.15) is 23.0 Å². The van der Waals surface area contributed by atoms with E-state index >= 15 is 0 Å². The van der Waals surface area contributed by atoms with Gasteiger partial charge in [0, 0.05) is 63.3 Å². The van der Waals surface area contributed by atoms with E-state index < -0.39 is 8.07 Å². The van der Waals surface area contributed by atoms with E-state index in [-0.39, 0.29) is 0 Å². The molecule has 12 aromatic rings. The van der Waals surface area contributed by atoms with Crippen LogP contribution in [0.2, 0.25) is 0 Å². The summed E-state index contributed by atoms with van der Waals surface area (Å²) in [4.78, 5) is 12.3. The summed E-state index contributed by atoms with van der Waals surface area (Å²) in [7, 11) is -3.07. The largest absolute Gasteiger partial charge is 0.457 e. The number of pyridine rings is 2. The Labute approximate surface area is 364 Å².